The molecule has 168 valence electrons. The van der Waals surface area contributed by atoms with E-state index in [-0.39, 0.29) is 52.5 Å². The molecule has 3 rings (SSSR count). The second kappa shape index (κ2) is 9.67. The summed E-state index contributed by atoms with van der Waals surface area (Å²) in [4.78, 5) is 15.1. The Morgan fingerprint density at radius 2 is 1.90 bits per heavy atom. The number of nitrogens with one attached hydrogen (secondary N) is 2. The first-order chi connectivity index (χ1) is 14.8. The number of aliphatic hydroxyl groups excluding tert-OH is 1. The van der Waals surface area contributed by atoms with Gasteiger partial charge in [-0.2, -0.15) is 0 Å². The maximum absolute atomic E-state index is 13.3. The quantitative estimate of drug-likeness (QED) is 0.599. The molecular weight excluding hydrogens is 418 g/mol. The van der Waals surface area contributed by atoms with Gasteiger partial charge in [0.05, 0.1) is 28.8 Å². The molecule has 0 saturated heterocycles. The number of hydrogen-bond acceptors (Lipinski definition) is 6. The Labute approximate surface area is 183 Å². The van der Waals surface area contributed by atoms with Crippen LogP contribution in [0.2, 0.25) is 0 Å². The van der Waals surface area contributed by atoms with Crippen LogP contribution in [0.15, 0.2) is 53.4 Å². The monoisotopic (exact) mass is 447 g/mol. The molecule has 0 fully saturated rings. The van der Waals surface area contributed by atoms with Gasteiger partial charge in [0.25, 0.3) is 15.9 Å². The highest BCUT2D eigenvalue weighted by Crippen LogP contribution is 2.35. The number of carbonyl (C=O) groups is 1. The summed E-state index contributed by atoms with van der Waals surface area (Å²) in [6.45, 7) is 4.49. The lowest BCUT2D eigenvalue weighted by Crippen LogP contribution is -2.49. The summed E-state index contributed by atoms with van der Waals surface area (Å²) < 4.78 is 34.6. The largest absolute Gasteiger partial charge is 0.486 e. The van der Waals surface area contributed by atoms with E-state index in [1.165, 1.54) is 12.1 Å². The second-order valence-electron chi connectivity index (χ2n) is 7.78. The van der Waals surface area contributed by atoms with Crippen molar-refractivity contribution >= 4 is 21.6 Å². The number of benzene rings is 2. The fourth-order valence-corrected chi connectivity index (χ4v) is 4.66. The summed E-state index contributed by atoms with van der Waals surface area (Å²) in [6.07, 6.45) is -0.312. The lowest BCUT2D eigenvalue weighted by Gasteiger charge is -2.37. The van der Waals surface area contributed by atoms with Crippen LogP contribution in [0.1, 0.15) is 24.2 Å². The van der Waals surface area contributed by atoms with Gasteiger partial charge in [0.15, 0.2) is 5.75 Å². The van der Waals surface area contributed by atoms with E-state index in [0.29, 0.717) is 13.1 Å². The van der Waals surface area contributed by atoms with E-state index in [0.717, 1.165) is 0 Å². The molecule has 3 N–H and O–H groups in total. The summed E-state index contributed by atoms with van der Waals surface area (Å²) in [5.41, 5.74) is 0.447. The number of likely N-dealkylation sites (N-methyl/N-ethyl adjacent to an activating group) is 1. The predicted octanol–water partition coefficient (Wildman–Crippen LogP) is 1.93. The Morgan fingerprint density at radius 1 is 1.19 bits per heavy atom. The number of carbonyl (C=O) groups excluding carboxylic acids is 1. The van der Waals surface area contributed by atoms with Crippen LogP contribution in [0.25, 0.3) is 0 Å². The number of nitrogens with zero attached hydrogens (tertiary/aromatic N) is 1. The van der Waals surface area contributed by atoms with Crippen LogP contribution in [0.4, 0.5) is 5.69 Å². The van der Waals surface area contributed by atoms with Gasteiger partial charge >= 0.3 is 0 Å². The summed E-state index contributed by atoms with van der Waals surface area (Å²) in [5, 5.41) is 12.8. The van der Waals surface area contributed by atoms with Crippen molar-refractivity contribution in [2.75, 3.05) is 31.5 Å². The van der Waals surface area contributed by atoms with Crippen molar-refractivity contribution in [1.82, 2.24) is 10.2 Å². The highest BCUT2D eigenvalue weighted by Gasteiger charge is 2.34. The molecule has 0 unspecified atom stereocenters. The molecule has 0 aliphatic carbocycles. The van der Waals surface area contributed by atoms with Gasteiger partial charge in [-0.25, -0.2) is 8.42 Å². The third kappa shape index (κ3) is 5.00. The van der Waals surface area contributed by atoms with Crippen LogP contribution in [-0.2, 0) is 10.0 Å². The zero-order valence-electron chi connectivity index (χ0n) is 17.9. The molecule has 0 bridgehead atoms. The molecular formula is C22H29N3O5S. The maximum Gasteiger partial charge on any atom is 0.262 e. The van der Waals surface area contributed by atoms with E-state index in [1.807, 2.05) is 6.92 Å². The normalized spacial score (nSPS) is 20.3. The fourth-order valence-electron chi connectivity index (χ4n) is 3.57. The zero-order chi connectivity index (χ0) is 22.6. The molecule has 2 aromatic carbocycles. The smallest absolute Gasteiger partial charge is 0.262 e. The van der Waals surface area contributed by atoms with Gasteiger partial charge in [-0.05, 0) is 38.2 Å². The lowest BCUT2D eigenvalue weighted by atomic mass is 9.99. The van der Waals surface area contributed by atoms with Crippen molar-refractivity contribution in [1.29, 1.82) is 0 Å². The Morgan fingerprint density at radius 3 is 2.55 bits per heavy atom. The van der Waals surface area contributed by atoms with Gasteiger partial charge in [0.2, 0.25) is 0 Å². The molecule has 2 aromatic rings. The summed E-state index contributed by atoms with van der Waals surface area (Å²) in [6, 6.07) is 12.4. The van der Waals surface area contributed by atoms with E-state index in [2.05, 4.69) is 10.0 Å². The van der Waals surface area contributed by atoms with E-state index in [4.69, 9.17) is 4.74 Å². The van der Waals surface area contributed by atoms with E-state index in [1.54, 1.807) is 55.3 Å². The molecule has 8 nitrogen and oxygen atoms in total. The molecule has 0 saturated carbocycles. The Hall–Kier alpha value is -2.62. The fraction of sp³-hybridized carbons (Fsp3) is 0.409. The first kappa shape index (κ1) is 23.1. The van der Waals surface area contributed by atoms with Gasteiger partial charge in [-0.1, -0.05) is 31.2 Å². The topological polar surface area (TPSA) is 108 Å². The predicted molar refractivity (Wildman–Crippen MR) is 119 cm³/mol. The summed E-state index contributed by atoms with van der Waals surface area (Å²) in [7, 11) is -2.07. The Balaban J connectivity index is 2.09. The van der Waals surface area contributed by atoms with Crippen molar-refractivity contribution in [3.05, 3.63) is 54.1 Å². The number of para-hydroxylation sites is 1. The Bertz CT molecular complexity index is 1010. The van der Waals surface area contributed by atoms with E-state index in [9.17, 15) is 18.3 Å². The van der Waals surface area contributed by atoms with Gasteiger partial charge in [0, 0.05) is 19.0 Å². The van der Waals surface area contributed by atoms with Crippen molar-refractivity contribution in [2.45, 2.75) is 30.9 Å². The number of aliphatic hydroxyl groups is 1. The molecule has 1 aliphatic rings. The standard InChI is InChI=1S/C22H29N3O5S/c1-15-13-25(16(2)14-26)22(27)18-10-7-11-19(21(18)30-20(15)12-23-3)24-31(28,29)17-8-5-4-6-9-17/h4-11,15-16,20,23-24,26H,12-14H2,1-3H3/t15-,16-,20+/m1/s1. The minimum atomic E-state index is -3.87. The molecule has 9 heteroatoms. The van der Waals surface area contributed by atoms with Crippen molar-refractivity contribution in [3.63, 3.8) is 0 Å². The number of sulfonamides is 1. The maximum atomic E-state index is 13.3. The molecule has 0 aromatic heterocycles. The van der Waals surface area contributed by atoms with E-state index >= 15 is 0 Å². The molecule has 0 spiro atoms. The number of fused-ring (bicyclic) bond motifs is 1. The van der Waals surface area contributed by atoms with E-state index < -0.39 is 10.0 Å². The van der Waals surface area contributed by atoms with Crippen LogP contribution in [0.5, 0.6) is 5.75 Å². The van der Waals surface area contributed by atoms with Gasteiger partial charge in [-0.15, -0.1) is 0 Å². The van der Waals surface area contributed by atoms with Crippen LogP contribution in [0, 0.1) is 5.92 Å². The average molecular weight is 448 g/mol. The van der Waals surface area contributed by atoms with Crippen LogP contribution >= 0.6 is 0 Å². The number of rotatable bonds is 7. The first-order valence-corrected chi connectivity index (χ1v) is 11.7. The molecule has 1 amide bonds. The average Bonchev–Trinajstić information content (AvgIpc) is 2.76. The molecule has 1 heterocycles. The lowest BCUT2D eigenvalue weighted by molar-refractivity contribution is 0.0417. The van der Waals surface area contributed by atoms with Crippen LogP contribution in [0.3, 0.4) is 0 Å². The van der Waals surface area contributed by atoms with Gasteiger partial charge in [-0.3, -0.25) is 9.52 Å². The number of ether oxygens (including phenoxy) is 1. The minimum absolute atomic E-state index is 0.0580. The molecule has 1 aliphatic heterocycles. The zero-order valence-corrected chi connectivity index (χ0v) is 18.7. The SMILES string of the molecule is CNC[C@@H]1Oc2c(NS(=O)(=O)c3ccccc3)cccc2C(=O)N([C@H](C)CO)C[C@H]1C. The van der Waals surface area contributed by atoms with Crippen LogP contribution < -0.4 is 14.8 Å². The highest BCUT2D eigenvalue weighted by atomic mass is 32.2. The van der Waals surface area contributed by atoms with Gasteiger partial charge < -0.3 is 20.1 Å². The van der Waals surface area contributed by atoms with Crippen molar-refractivity contribution in [2.24, 2.45) is 5.92 Å². The van der Waals surface area contributed by atoms with Crippen LogP contribution in [-0.4, -0.2) is 63.2 Å². The second-order valence-corrected chi connectivity index (χ2v) is 9.46. The minimum Gasteiger partial charge on any atom is -0.486 e. The van der Waals surface area contributed by atoms with Gasteiger partial charge in [0.1, 0.15) is 6.10 Å². The molecule has 3 atom stereocenters. The summed E-state index contributed by atoms with van der Waals surface area (Å²) >= 11 is 0. The molecule has 0 radical (unpaired) electrons. The third-order valence-electron chi connectivity index (χ3n) is 5.39. The number of amides is 1. The van der Waals surface area contributed by atoms with Crippen molar-refractivity contribution < 1.29 is 23.1 Å². The first-order valence-electron chi connectivity index (χ1n) is 10.2. The summed E-state index contributed by atoms with van der Waals surface area (Å²) in [5.74, 6) is -0.182. The Kier molecular flexibility index (Phi) is 7.19. The third-order valence-corrected chi connectivity index (χ3v) is 6.78. The number of hydrogen-bond donors (Lipinski definition) is 3. The number of anilines is 1. The molecule has 31 heavy (non-hydrogen) atoms. The van der Waals surface area contributed by atoms with Crippen molar-refractivity contribution in [3.8, 4) is 5.75 Å². The highest BCUT2D eigenvalue weighted by molar-refractivity contribution is 7.92.